The van der Waals surface area contributed by atoms with Crippen molar-refractivity contribution in [2.24, 2.45) is 0 Å². The van der Waals surface area contributed by atoms with Gasteiger partial charge < -0.3 is 15.2 Å². The monoisotopic (exact) mass is 434 g/mol. The summed E-state index contributed by atoms with van der Waals surface area (Å²) in [6, 6.07) is 13.3. The molecule has 2 N–H and O–H groups in total. The van der Waals surface area contributed by atoms with Crippen LogP contribution in [0.5, 0.6) is 0 Å². The number of nitro benzene ring substituents is 1. The highest BCUT2D eigenvalue weighted by Gasteiger charge is 2.24. The first kappa shape index (κ1) is 21.5. The van der Waals surface area contributed by atoms with Gasteiger partial charge in [-0.1, -0.05) is 31.5 Å². The Bertz CT molecular complexity index is 1110. The maximum atomic E-state index is 13.0. The van der Waals surface area contributed by atoms with Gasteiger partial charge in [0.25, 0.3) is 11.6 Å². The molecule has 2 heterocycles. The van der Waals surface area contributed by atoms with E-state index in [4.69, 9.17) is 0 Å². The van der Waals surface area contributed by atoms with E-state index in [0.717, 1.165) is 49.6 Å². The van der Waals surface area contributed by atoms with Gasteiger partial charge in [0.15, 0.2) is 5.82 Å². The van der Waals surface area contributed by atoms with E-state index in [2.05, 4.69) is 25.4 Å². The van der Waals surface area contributed by atoms with Gasteiger partial charge in [-0.05, 0) is 43.5 Å². The highest BCUT2D eigenvalue weighted by atomic mass is 16.6. The van der Waals surface area contributed by atoms with Crippen molar-refractivity contribution in [1.29, 1.82) is 0 Å². The molecule has 1 amide bonds. The number of para-hydroxylation sites is 1. The van der Waals surface area contributed by atoms with Gasteiger partial charge in [0.1, 0.15) is 11.5 Å². The number of fused-ring (bicyclic) bond motifs is 1. The predicted molar refractivity (Wildman–Crippen MR) is 121 cm³/mol. The molecule has 0 radical (unpaired) electrons. The van der Waals surface area contributed by atoms with Gasteiger partial charge in [-0.2, -0.15) is 0 Å². The van der Waals surface area contributed by atoms with Crippen molar-refractivity contribution in [1.82, 2.24) is 20.1 Å². The van der Waals surface area contributed by atoms with Crippen LogP contribution in [0.1, 0.15) is 60.7 Å². The summed E-state index contributed by atoms with van der Waals surface area (Å²) < 4.78 is 2.11. The third-order valence-corrected chi connectivity index (χ3v) is 5.67. The lowest BCUT2D eigenvalue weighted by Gasteiger charge is -2.18. The molecule has 0 saturated carbocycles. The van der Waals surface area contributed by atoms with E-state index in [-0.39, 0.29) is 23.2 Å². The Morgan fingerprint density at radius 3 is 2.72 bits per heavy atom. The summed E-state index contributed by atoms with van der Waals surface area (Å²) in [6.07, 6.45) is 4.83. The van der Waals surface area contributed by atoms with Crippen molar-refractivity contribution in [2.75, 3.05) is 5.32 Å². The Hall–Kier alpha value is -3.75. The fraction of sp³-hybridized carbons (Fsp3) is 0.348. The predicted octanol–water partition coefficient (Wildman–Crippen LogP) is 4.54. The zero-order valence-corrected chi connectivity index (χ0v) is 18.0. The molecule has 166 valence electrons. The summed E-state index contributed by atoms with van der Waals surface area (Å²) in [5.41, 5.74) is 1.12. The van der Waals surface area contributed by atoms with Crippen LogP contribution in [0.25, 0.3) is 0 Å². The van der Waals surface area contributed by atoms with E-state index in [9.17, 15) is 14.9 Å². The molecule has 32 heavy (non-hydrogen) atoms. The molecule has 1 aromatic heterocycles. The van der Waals surface area contributed by atoms with Gasteiger partial charge in [-0.25, -0.2) is 0 Å². The van der Waals surface area contributed by atoms with Crippen LogP contribution in [0.15, 0.2) is 48.5 Å². The van der Waals surface area contributed by atoms with E-state index in [1.165, 1.54) is 6.07 Å². The average molecular weight is 435 g/mol. The number of amides is 1. The van der Waals surface area contributed by atoms with Gasteiger partial charge in [-0.3, -0.25) is 14.9 Å². The second-order valence-electron chi connectivity index (χ2n) is 7.85. The van der Waals surface area contributed by atoms with Crippen molar-refractivity contribution in [3.8, 4) is 0 Å². The number of aromatic nitrogens is 3. The molecule has 3 aromatic rings. The molecule has 2 aromatic carbocycles. The number of nitrogens with one attached hydrogen (secondary N) is 2. The third kappa shape index (κ3) is 4.61. The lowest BCUT2D eigenvalue weighted by molar-refractivity contribution is -0.383. The second kappa shape index (κ2) is 9.59. The fourth-order valence-corrected chi connectivity index (χ4v) is 3.96. The maximum Gasteiger partial charge on any atom is 0.293 e. The van der Waals surface area contributed by atoms with E-state index >= 15 is 0 Å². The van der Waals surface area contributed by atoms with Crippen LogP contribution in [0.4, 0.5) is 17.1 Å². The summed E-state index contributed by atoms with van der Waals surface area (Å²) in [7, 11) is 0. The highest BCUT2D eigenvalue weighted by molar-refractivity contribution is 5.96. The molecule has 9 nitrogen and oxygen atoms in total. The first-order valence-corrected chi connectivity index (χ1v) is 10.9. The minimum atomic E-state index is -0.488. The number of carbonyl (C=O) groups is 1. The number of hydrogen-bond acceptors (Lipinski definition) is 6. The SMILES string of the molecule is CC[C@H](NC(=O)c1ccc(Nc2ccccc2)c([N+](=O)[O-])c1)c1nnc2n1CCCCC2. The highest BCUT2D eigenvalue weighted by Crippen LogP contribution is 2.29. The molecular weight excluding hydrogens is 408 g/mol. The van der Waals surface area contributed by atoms with E-state index in [0.29, 0.717) is 12.1 Å². The van der Waals surface area contributed by atoms with Crippen molar-refractivity contribution < 1.29 is 9.72 Å². The molecule has 1 aliphatic heterocycles. The maximum absolute atomic E-state index is 13.0. The molecule has 4 rings (SSSR count). The number of carbonyl (C=O) groups excluding carboxylic acids is 1. The Kier molecular flexibility index (Phi) is 6.44. The van der Waals surface area contributed by atoms with E-state index in [1.807, 2.05) is 37.3 Å². The molecule has 0 fully saturated rings. The van der Waals surface area contributed by atoms with Gasteiger partial charge in [0, 0.05) is 30.3 Å². The normalized spacial score (nSPS) is 14.2. The van der Waals surface area contributed by atoms with Crippen LogP contribution in [0.3, 0.4) is 0 Å². The van der Waals surface area contributed by atoms with E-state index < -0.39 is 4.92 Å². The number of rotatable bonds is 7. The van der Waals surface area contributed by atoms with Crippen LogP contribution in [0, 0.1) is 10.1 Å². The summed E-state index contributed by atoms with van der Waals surface area (Å²) in [4.78, 5) is 24.1. The van der Waals surface area contributed by atoms with Crippen LogP contribution in [0.2, 0.25) is 0 Å². The van der Waals surface area contributed by atoms with Gasteiger partial charge in [0.2, 0.25) is 0 Å². The Balaban J connectivity index is 1.55. The van der Waals surface area contributed by atoms with Gasteiger partial charge in [0.05, 0.1) is 11.0 Å². The third-order valence-electron chi connectivity index (χ3n) is 5.67. The Labute approximate surface area is 186 Å². The molecule has 1 aliphatic rings. The zero-order chi connectivity index (χ0) is 22.5. The Morgan fingerprint density at radius 1 is 1.16 bits per heavy atom. The molecule has 0 bridgehead atoms. The second-order valence-corrected chi connectivity index (χ2v) is 7.85. The topological polar surface area (TPSA) is 115 Å². The van der Waals surface area contributed by atoms with Crippen molar-refractivity contribution >= 4 is 23.0 Å². The smallest absolute Gasteiger partial charge is 0.293 e. The number of anilines is 2. The zero-order valence-electron chi connectivity index (χ0n) is 18.0. The number of hydrogen-bond donors (Lipinski definition) is 2. The minimum absolute atomic E-state index is 0.161. The fourth-order valence-electron chi connectivity index (χ4n) is 3.96. The largest absolute Gasteiger partial charge is 0.350 e. The summed E-state index contributed by atoms with van der Waals surface area (Å²) in [5, 5.41) is 26.3. The molecule has 0 saturated heterocycles. The molecule has 0 spiro atoms. The lowest BCUT2D eigenvalue weighted by atomic mass is 10.1. The first-order valence-electron chi connectivity index (χ1n) is 10.9. The summed E-state index contributed by atoms with van der Waals surface area (Å²) >= 11 is 0. The summed E-state index contributed by atoms with van der Waals surface area (Å²) in [6.45, 7) is 2.81. The van der Waals surface area contributed by atoms with Crippen LogP contribution in [-0.4, -0.2) is 25.6 Å². The van der Waals surface area contributed by atoms with Crippen LogP contribution < -0.4 is 10.6 Å². The van der Waals surface area contributed by atoms with E-state index in [1.54, 1.807) is 12.1 Å². The first-order chi connectivity index (χ1) is 15.6. The number of nitrogens with zero attached hydrogens (tertiary/aromatic N) is 4. The summed E-state index contributed by atoms with van der Waals surface area (Å²) in [5.74, 6) is 1.32. The molecular formula is C23H26N6O3. The molecule has 0 aliphatic carbocycles. The van der Waals surface area contributed by atoms with Crippen LogP contribution in [-0.2, 0) is 13.0 Å². The van der Waals surface area contributed by atoms with Gasteiger partial charge in [-0.15, -0.1) is 10.2 Å². The standard InChI is InChI=1S/C23H26N6O3/c1-2-18(22-27-26-21-11-7-4-8-14-28(21)22)25-23(30)16-12-13-19(20(15-16)29(31)32)24-17-9-5-3-6-10-17/h3,5-6,9-10,12-13,15,18,24H,2,4,7-8,11,14H2,1H3,(H,25,30)/t18-/m0/s1. The lowest BCUT2D eigenvalue weighted by Crippen LogP contribution is -2.30. The number of aryl methyl sites for hydroxylation is 1. The molecule has 0 unspecified atom stereocenters. The number of nitro groups is 1. The minimum Gasteiger partial charge on any atom is -0.350 e. The quantitative estimate of drug-likeness (QED) is 0.417. The van der Waals surface area contributed by atoms with Crippen molar-refractivity contribution in [2.45, 2.75) is 51.6 Å². The molecule has 9 heteroatoms. The number of benzene rings is 2. The van der Waals surface area contributed by atoms with Gasteiger partial charge >= 0.3 is 0 Å². The Morgan fingerprint density at radius 2 is 1.97 bits per heavy atom. The molecule has 1 atom stereocenters. The van der Waals surface area contributed by atoms with Crippen molar-refractivity contribution in [3.63, 3.8) is 0 Å². The average Bonchev–Trinajstić information content (AvgIpc) is 3.05. The van der Waals surface area contributed by atoms with Crippen molar-refractivity contribution in [3.05, 3.63) is 75.9 Å². The van der Waals surface area contributed by atoms with Crippen LogP contribution >= 0.6 is 0 Å².